The fraction of sp³-hybridized carbons (Fsp3) is 0.133. The minimum absolute atomic E-state index is 0.114. The quantitative estimate of drug-likeness (QED) is 0.577. The van der Waals surface area contributed by atoms with Crippen LogP contribution in [0.1, 0.15) is 12.0 Å². The van der Waals surface area contributed by atoms with Gasteiger partial charge in [0.05, 0.1) is 11.4 Å². The van der Waals surface area contributed by atoms with Gasteiger partial charge in [0.15, 0.2) is 0 Å². The number of nitrogens with two attached hydrogens (primary N) is 2. The number of nitrogen functional groups attached to an aromatic ring is 2. The van der Waals surface area contributed by atoms with E-state index in [-0.39, 0.29) is 6.42 Å². The van der Waals surface area contributed by atoms with Crippen LogP contribution in [0.4, 0.5) is 22.7 Å². The first-order valence-electron chi connectivity index (χ1n) is 6.42. The summed E-state index contributed by atoms with van der Waals surface area (Å²) in [4.78, 5) is 10.5. The number of carboxylic acids is 1. The van der Waals surface area contributed by atoms with Crippen LogP contribution in [0.25, 0.3) is 0 Å². The van der Waals surface area contributed by atoms with Crippen LogP contribution < -0.4 is 11.5 Å². The molecule has 6 heteroatoms. The molecule has 0 saturated heterocycles. The van der Waals surface area contributed by atoms with Crippen molar-refractivity contribution >= 4 is 28.7 Å². The average molecular weight is 284 g/mol. The molecule has 2 rings (SSSR count). The molecule has 0 aromatic heterocycles. The van der Waals surface area contributed by atoms with E-state index in [2.05, 4.69) is 10.2 Å². The molecule has 0 amide bonds. The van der Waals surface area contributed by atoms with Crippen LogP contribution in [0, 0.1) is 0 Å². The molecule has 0 aliphatic rings. The number of aryl methyl sites for hydroxylation is 1. The van der Waals surface area contributed by atoms with Gasteiger partial charge < -0.3 is 16.6 Å². The van der Waals surface area contributed by atoms with Gasteiger partial charge in [0.2, 0.25) is 0 Å². The first kappa shape index (κ1) is 14.5. The molecule has 0 saturated carbocycles. The summed E-state index contributed by atoms with van der Waals surface area (Å²) in [6.45, 7) is 0. The van der Waals surface area contributed by atoms with Crippen LogP contribution in [0.15, 0.2) is 52.7 Å². The Bertz CT molecular complexity index is 666. The Morgan fingerprint density at radius 3 is 2.38 bits per heavy atom. The van der Waals surface area contributed by atoms with E-state index in [0.29, 0.717) is 29.2 Å². The lowest BCUT2D eigenvalue weighted by Crippen LogP contribution is -1.96. The second-order valence-electron chi connectivity index (χ2n) is 4.58. The van der Waals surface area contributed by atoms with E-state index in [1.807, 2.05) is 12.1 Å². The molecule has 21 heavy (non-hydrogen) atoms. The van der Waals surface area contributed by atoms with Gasteiger partial charge in [-0.15, -0.1) is 5.11 Å². The van der Waals surface area contributed by atoms with E-state index in [1.165, 1.54) is 0 Å². The molecule has 2 aromatic rings. The maximum absolute atomic E-state index is 10.5. The lowest BCUT2D eigenvalue weighted by molar-refractivity contribution is -0.136. The van der Waals surface area contributed by atoms with Crippen molar-refractivity contribution < 1.29 is 9.90 Å². The summed E-state index contributed by atoms with van der Waals surface area (Å²) < 4.78 is 0. The lowest BCUT2D eigenvalue weighted by Gasteiger charge is -2.01. The fourth-order valence-electron chi connectivity index (χ4n) is 1.76. The van der Waals surface area contributed by atoms with Crippen molar-refractivity contribution in [3.05, 3.63) is 48.0 Å². The molecule has 2 aromatic carbocycles. The normalized spacial score (nSPS) is 10.9. The highest BCUT2D eigenvalue weighted by atomic mass is 16.4. The monoisotopic (exact) mass is 284 g/mol. The Labute approximate surface area is 122 Å². The number of nitrogens with zero attached hydrogens (tertiary/aromatic N) is 2. The highest BCUT2D eigenvalue weighted by molar-refractivity contribution is 5.68. The topological polar surface area (TPSA) is 114 Å². The Hall–Kier alpha value is -2.89. The SMILES string of the molecule is Nc1ccc(N=Nc2ccc(CCC(=O)O)cc2)c(N)c1. The number of carboxylic acid groups (broad SMARTS) is 1. The smallest absolute Gasteiger partial charge is 0.303 e. The van der Waals surface area contributed by atoms with E-state index in [1.54, 1.807) is 30.3 Å². The number of carbonyl (C=O) groups is 1. The number of hydrogen-bond donors (Lipinski definition) is 3. The van der Waals surface area contributed by atoms with E-state index in [4.69, 9.17) is 16.6 Å². The van der Waals surface area contributed by atoms with Crippen LogP contribution in [-0.2, 0) is 11.2 Å². The van der Waals surface area contributed by atoms with E-state index < -0.39 is 5.97 Å². The number of azo groups is 1. The summed E-state index contributed by atoms with van der Waals surface area (Å²) in [5.74, 6) is -0.808. The third-order valence-corrected chi connectivity index (χ3v) is 2.89. The van der Waals surface area contributed by atoms with Crippen molar-refractivity contribution in [3.63, 3.8) is 0 Å². The summed E-state index contributed by atoms with van der Waals surface area (Å²) in [6, 6.07) is 12.3. The summed E-state index contributed by atoms with van der Waals surface area (Å²) in [7, 11) is 0. The van der Waals surface area contributed by atoms with Gasteiger partial charge >= 0.3 is 5.97 Å². The van der Waals surface area contributed by atoms with Gasteiger partial charge in [-0.25, -0.2) is 0 Å². The Morgan fingerprint density at radius 2 is 1.76 bits per heavy atom. The number of anilines is 2. The van der Waals surface area contributed by atoms with Crippen molar-refractivity contribution in [1.82, 2.24) is 0 Å². The van der Waals surface area contributed by atoms with Crippen LogP contribution in [0.2, 0.25) is 0 Å². The highest BCUT2D eigenvalue weighted by Gasteiger charge is 2.00. The highest BCUT2D eigenvalue weighted by Crippen LogP contribution is 2.26. The molecule has 0 bridgehead atoms. The maximum atomic E-state index is 10.5. The fourth-order valence-corrected chi connectivity index (χ4v) is 1.76. The molecule has 0 heterocycles. The number of rotatable bonds is 5. The predicted octanol–water partition coefficient (Wildman–Crippen LogP) is 3.28. The Morgan fingerprint density at radius 1 is 1.05 bits per heavy atom. The van der Waals surface area contributed by atoms with Crippen molar-refractivity contribution in [2.24, 2.45) is 10.2 Å². The molecule has 0 fully saturated rings. The zero-order chi connectivity index (χ0) is 15.2. The average Bonchev–Trinajstić information content (AvgIpc) is 2.45. The van der Waals surface area contributed by atoms with Crippen LogP contribution in [0.3, 0.4) is 0 Å². The molecule has 0 atom stereocenters. The van der Waals surface area contributed by atoms with Crippen molar-refractivity contribution in [2.45, 2.75) is 12.8 Å². The molecule has 108 valence electrons. The van der Waals surface area contributed by atoms with Crippen molar-refractivity contribution in [1.29, 1.82) is 0 Å². The zero-order valence-electron chi connectivity index (χ0n) is 11.4. The van der Waals surface area contributed by atoms with Gasteiger partial charge in [0.1, 0.15) is 5.69 Å². The molecule has 0 radical (unpaired) electrons. The molecular weight excluding hydrogens is 268 g/mol. The molecule has 5 N–H and O–H groups in total. The molecule has 6 nitrogen and oxygen atoms in total. The van der Waals surface area contributed by atoms with Gasteiger partial charge in [-0.1, -0.05) is 12.1 Å². The molecular formula is C15H16N4O2. The van der Waals surface area contributed by atoms with Crippen LogP contribution >= 0.6 is 0 Å². The lowest BCUT2D eigenvalue weighted by atomic mass is 10.1. The molecule has 0 aliphatic carbocycles. The molecule has 0 unspecified atom stereocenters. The van der Waals surface area contributed by atoms with E-state index >= 15 is 0 Å². The summed E-state index contributed by atoms with van der Waals surface area (Å²) in [5, 5.41) is 16.8. The second kappa shape index (κ2) is 6.51. The number of hydrogen-bond acceptors (Lipinski definition) is 5. The Balaban J connectivity index is 2.05. The second-order valence-corrected chi connectivity index (χ2v) is 4.58. The van der Waals surface area contributed by atoms with Gasteiger partial charge in [-0.3, -0.25) is 4.79 Å². The standard InChI is InChI=1S/C15H16N4O2/c16-11-4-7-14(13(17)9-11)19-18-12-5-1-10(2-6-12)3-8-15(20)21/h1-2,4-7,9H,3,8,16-17H2,(H,20,21). The van der Waals surface area contributed by atoms with Crippen LogP contribution in [0.5, 0.6) is 0 Å². The molecule has 0 spiro atoms. The van der Waals surface area contributed by atoms with Gasteiger partial charge in [0.25, 0.3) is 0 Å². The summed E-state index contributed by atoms with van der Waals surface area (Å²) in [6.07, 6.45) is 0.612. The summed E-state index contributed by atoms with van der Waals surface area (Å²) in [5.41, 5.74) is 14.6. The van der Waals surface area contributed by atoms with Gasteiger partial charge in [0, 0.05) is 12.1 Å². The predicted molar refractivity (Wildman–Crippen MR) is 81.8 cm³/mol. The van der Waals surface area contributed by atoms with Crippen molar-refractivity contribution in [3.8, 4) is 0 Å². The summed E-state index contributed by atoms with van der Waals surface area (Å²) >= 11 is 0. The zero-order valence-corrected chi connectivity index (χ0v) is 11.4. The first-order valence-corrected chi connectivity index (χ1v) is 6.42. The largest absolute Gasteiger partial charge is 0.481 e. The van der Waals surface area contributed by atoms with Gasteiger partial charge in [-0.05, 0) is 42.3 Å². The van der Waals surface area contributed by atoms with E-state index in [0.717, 1.165) is 5.56 Å². The molecule has 0 aliphatic heterocycles. The van der Waals surface area contributed by atoms with Crippen LogP contribution in [-0.4, -0.2) is 11.1 Å². The van der Waals surface area contributed by atoms with E-state index in [9.17, 15) is 4.79 Å². The Kier molecular flexibility index (Phi) is 4.50. The first-order chi connectivity index (χ1) is 10.0. The number of aliphatic carboxylic acids is 1. The minimum atomic E-state index is -0.808. The maximum Gasteiger partial charge on any atom is 0.303 e. The number of benzene rings is 2. The van der Waals surface area contributed by atoms with Gasteiger partial charge in [-0.2, -0.15) is 5.11 Å². The third-order valence-electron chi connectivity index (χ3n) is 2.89. The third kappa shape index (κ3) is 4.31. The van der Waals surface area contributed by atoms with Crippen molar-refractivity contribution in [2.75, 3.05) is 11.5 Å². The minimum Gasteiger partial charge on any atom is -0.481 e.